The topological polar surface area (TPSA) is 130 Å². The number of benzene rings is 18. The molecule has 0 radical (unpaired) electrons. The quantitative estimate of drug-likeness (QED) is 0.0830. The summed E-state index contributed by atoms with van der Waals surface area (Å²) >= 11 is 0. The lowest BCUT2D eigenvalue weighted by molar-refractivity contribution is 0.482. The molecule has 0 fully saturated rings. The monoisotopic (exact) mass is 1660 g/mol. The largest absolute Gasteiger partial charge is 0.457 e. The Morgan fingerprint density at radius 2 is 0.372 bits per heavy atom. The molecule has 18 aromatic carbocycles. The number of hydrogen-bond acceptors (Lipinski definition) is 8. The molecule has 0 aliphatic heterocycles. The molecule has 0 saturated carbocycles. The van der Waals surface area contributed by atoms with Crippen LogP contribution in [-0.2, 0) is 0 Å². The molecule has 25 aromatic rings. The van der Waals surface area contributed by atoms with Crippen molar-refractivity contribution in [2.45, 2.75) is 0 Å². The molecular weight excluding hydrogens is 1580 g/mol. The van der Waals surface area contributed by atoms with Gasteiger partial charge in [0, 0.05) is 89.9 Å². The molecule has 0 bridgehead atoms. The third kappa shape index (κ3) is 12.8. The first-order valence-electron chi connectivity index (χ1n) is 43.1. The van der Waals surface area contributed by atoms with Crippen molar-refractivity contribution in [1.82, 2.24) is 61.9 Å². The number of rotatable bonds is 18. The maximum atomic E-state index is 7.06. The van der Waals surface area contributed by atoms with Crippen molar-refractivity contribution in [1.29, 1.82) is 0 Å². The van der Waals surface area contributed by atoms with Gasteiger partial charge in [-0.25, -0.2) is 29.9 Å². The van der Waals surface area contributed by atoms with Gasteiger partial charge in [-0.05, 0) is 248 Å². The Kier molecular flexibility index (Phi) is 17.5. The number of fused-ring (bicyclic) bond motifs is 9. The van der Waals surface area contributed by atoms with E-state index in [9.17, 15) is 0 Å². The molecule has 15 nitrogen and oxygen atoms in total. The van der Waals surface area contributed by atoms with Crippen LogP contribution in [0.25, 0.3) is 207 Å². The van der Waals surface area contributed by atoms with Crippen LogP contribution in [0.15, 0.2) is 443 Å². The van der Waals surface area contributed by atoms with Gasteiger partial charge in [0.15, 0.2) is 0 Å². The van der Waals surface area contributed by atoms with Gasteiger partial charge in [0.2, 0.25) is 0 Å². The van der Waals surface area contributed by atoms with Crippen molar-refractivity contribution in [3.63, 3.8) is 0 Å². The van der Waals surface area contributed by atoms with E-state index in [1.807, 2.05) is 97.1 Å². The molecule has 0 aliphatic carbocycles. The van der Waals surface area contributed by atoms with E-state index >= 15 is 0 Å². The molecule has 0 aliphatic rings. The van der Waals surface area contributed by atoms with Crippen LogP contribution >= 0.6 is 0 Å². The first-order valence-corrected chi connectivity index (χ1v) is 43.1. The van der Waals surface area contributed by atoms with Crippen LogP contribution in [-0.4, -0.2) is 61.9 Å². The van der Waals surface area contributed by atoms with E-state index < -0.39 is 0 Å². The van der Waals surface area contributed by atoms with E-state index in [-0.39, 0.29) is 0 Å². The molecule has 25 rings (SSSR count). The fraction of sp³-hybridized carbons (Fsp3) is 0. The molecule has 15 heteroatoms. The van der Waals surface area contributed by atoms with Crippen LogP contribution in [0.5, 0.6) is 23.0 Å². The average Bonchev–Trinajstić information content (AvgIpc) is 1.60. The van der Waals surface area contributed by atoms with Crippen LogP contribution in [0.4, 0.5) is 0 Å². The Morgan fingerprint density at radius 3 is 0.651 bits per heavy atom. The summed E-state index contributed by atoms with van der Waals surface area (Å²) < 4.78 is 29.7. The number of nitrogens with zero attached hydrogens (tertiary/aromatic N) is 13. The van der Waals surface area contributed by atoms with Crippen LogP contribution in [0.3, 0.4) is 0 Å². The average molecular weight is 1660 g/mol. The molecule has 0 spiro atoms. The van der Waals surface area contributed by atoms with Gasteiger partial charge in [-0.2, -0.15) is 0 Å². The third-order valence-electron chi connectivity index (χ3n) is 24.5. The minimum atomic E-state index is 0.665. The summed E-state index contributed by atoms with van der Waals surface area (Å²) in [5.74, 6) is 7.36. The minimum absolute atomic E-state index is 0.665. The van der Waals surface area contributed by atoms with Crippen molar-refractivity contribution < 1.29 is 9.47 Å². The zero-order chi connectivity index (χ0) is 85.0. The van der Waals surface area contributed by atoms with Gasteiger partial charge in [-0.3, -0.25) is 27.4 Å². The summed E-state index contributed by atoms with van der Waals surface area (Å²) in [6.45, 7) is 0. The highest BCUT2D eigenvalue weighted by molar-refractivity contribution is 6.10. The van der Waals surface area contributed by atoms with Gasteiger partial charge in [0.05, 0.1) is 82.9 Å². The fourth-order valence-corrected chi connectivity index (χ4v) is 18.7. The van der Waals surface area contributed by atoms with Crippen molar-refractivity contribution in [3.05, 3.63) is 443 Å². The van der Waals surface area contributed by atoms with Gasteiger partial charge < -0.3 is 14.0 Å². The molecule has 129 heavy (non-hydrogen) atoms. The fourth-order valence-electron chi connectivity index (χ4n) is 18.7. The van der Waals surface area contributed by atoms with E-state index in [1.165, 1.54) is 0 Å². The number of ether oxygens (including phenoxy) is 2. The highest BCUT2D eigenvalue weighted by atomic mass is 16.5. The number of para-hydroxylation sites is 18. The maximum absolute atomic E-state index is 7.06. The minimum Gasteiger partial charge on any atom is -0.457 e. The Labute approximate surface area is 739 Å². The number of imidazole rings is 6. The lowest BCUT2D eigenvalue weighted by atomic mass is 10.0. The van der Waals surface area contributed by atoms with Crippen molar-refractivity contribution in [2.24, 2.45) is 0 Å². The first kappa shape index (κ1) is 73.9. The smallest absolute Gasteiger partial charge is 0.145 e. The summed E-state index contributed by atoms with van der Waals surface area (Å²) in [5.41, 5.74) is 27.4. The zero-order valence-corrected chi connectivity index (χ0v) is 69.3. The summed E-state index contributed by atoms with van der Waals surface area (Å²) in [5, 5.41) is 2.30. The Hall–Kier alpha value is -17.8. The molecule has 0 atom stereocenters. The second-order valence-corrected chi connectivity index (χ2v) is 32.3. The number of hydrogen-bond donors (Lipinski definition) is 0. The van der Waals surface area contributed by atoms with Crippen LogP contribution in [0.1, 0.15) is 0 Å². The second kappa shape index (κ2) is 30.6. The SMILES string of the molecule is c1ccc(-n2c(-c3cc(-c4nc5ccccc5n4-c4ccccc4)cc(-c4nc5ccccc5n4-c4ccc(Oc5ccc(-c6ccc(Oc7ccc(-n8c(-c9cc(-c%10nc%11ccccc%11n%10-c%10ccccc%10)cc(-c%10nc%11ccccc%11n%10-c%10ccccc%10)c9)nc9ccccc98)cc7)cc6-n6c7ccccc7c7ccccc76)cc5)cc4)c3)nc3ccccc32)cc1. The molecule has 606 valence electrons. The van der Waals surface area contributed by atoms with Gasteiger partial charge in [-0.1, -0.05) is 194 Å². The molecule has 7 aromatic heterocycles. The highest BCUT2D eigenvalue weighted by Gasteiger charge is 2.28. The maximum Gasteiger partial charge on any atom is 0.145 e. The van der Waals surface area contributed by atoms with Gasteiger partial charge >= 0.3 is 0 Å². The molecule has 0 amide bonds. The van der Waals surface area contributed by atoms with Crippen LogP contribution < -0.4 is 9.47 Å². The summed E-state index contributed by atoms with van der Waals surface area (Å²) in [6, 6.07) is 154. The molecular formula is C114H73N13O2. The lowest BCUT2D eigenvalue weighted by Crippen LogP contribution is -2.02. The van der Waals surface area contributed by atoms with E-state index in [0.29, 0.717) is 23.0 Å². The van der Waals surface area contributed by atoms with Gasteiger partial charge in [-0.15, -0.1) is 0 Å². The second-order valence-electron chi connectivity index (χ2n) is 32.3. The summed E-state index contributed by atoms with van der Waals surface area (Å²) in [7, 11) is 0. The Bertz CT molecular complexity index is 8340. The lowest BCUT2D eigenvalue weighted by Gasteiger charge is -2.17. The standard InChI is InChI=1S/C114H73N13O2/c1-5-29-81(30-6-1)121-102-47-23-15-39-94(102)115-109(121)75-67-76(110-116-95-40-16-24-48-103(95)122(110)82-31-7-2-8-32-82)70-79(69-75)113-119-98-43-19-27-51-106(98)125(113)85-55-61-88(62-56-85)128-87-59-53-74(54-60-87)91-66-65-90(73-108(91)127-100-45-21-13-37-92(100)93-38-14-22-46-101(93)127)129-89-63-57-86(58-64-89)126-107-52-28-20-44-99(107)120-114(126)80-71-77(111-117-96-41-17-25-49-104(96)123(111)83-33-9-3-10-34-83)68-78(72-80)112-118-97-42-18-26-50-105(97)124(112)84-35-11-4-12-36-84/h1-73H. The molecule has 7 heterocycles. The van der Waals surface area contributed by atoms with Crippen LogP contribution in [0.2, 0.25) is 0 Å². The van der Waals surface area contributed by atoms with E-state index in [2.05, 4.69) is 378 Å². The van der Waals surface area contributed by atoms with E-state index in [4.69, 9.17) is 39.4 Å². The highest BCUT2D eigenvalue weighted by Crippen LogP contribution is 2.45. The van der Waals surface area contributed by atoms with E-state index in [0.717, 1.165) is 207 Å². The van der Waals surface area contributed by atoms with Crippen LogP contribution in [0, 0.1) is 0 Å². The van der Waals surface area contributed by atoms with Gasteiger partial charge in [0.25, 0.3) is 0 Å². The molecule has 0 N–H and O–H groups in total. The third-order valence-corrected chi connectivity index (χ3v) is 24.5. The van der Waals surface area contributed by atoms with Crippen molar-refractivity contribution in [2.75, 3.05) is 0 Å². The molecule has 0 unspecified atom stereocenters. The normalized spacial score (nSPS) is 11.7. The predicted octanol–water partition coefficient (Wildman–Crippen LogP) is 28.1. The Morgan fingerprint density at radius 1 is 0.155 bits per heavy atom. The first-order chi connectivity index (χ1) is 63.9. The number of aromatic nitrogens is 13. The summed E-state index contributed by atoms with van der Waals surface area (Å²) in [4.78, 5) is 32.8. The predicted molar refractivity (Wildman–Crippen MR) is 520 cm³/mol. The van der Waals surface area contributed by atoms with E-state index in [1.54, 1.807) is 0 Å². The van der Waals surface area contributed by atoms with Crippen molar-refractivity contribution >= 4 is 88.0 Å². The Balaban J connectivity index is 0.557. The van der Waals surface area contributed by atoms with Gasteiger partial charge in [0.1, 0.15) is 57.9 Å². The molecule has 0 saturated heterocycles. The zero-order valence-electron chi connectivity index (χ0n) is 69.3. The van der Waals surface area contributed by atoms with Crippen molar-refractivity contribution in [3.8, 4) is 142 Å². The summed E-state index contributed by atoms with van der Waals surface area (Å²) in [6.07, 6.45) is 0.